The maximum Gasteiger partial charge on any atom is 0.389 e. The Kier molecular flexibility index (Phi) is 5.28. The maximum atomic E-state index is 12.2. The van der Waals surface area contributed by atoms with Crippen molar-refractivity contribution in [1.29, 1.82) is 0 Å². The average Bonchev–Trinajstić information content (AvgIpc) is 2.93. The van der Waals surface area contributed by atoms with Gasteiger partial charge in [0.25, 0.3) is 0 Å². The Labute approximate surface area is 131 Å². The van der Waals surface area contributed by atoms with E-state index in [2.05, 4.69) is 0 Å². The van der Waals surface area contributed by atoms with Crippen LogP contribution in [0, 0.1) is 5.92 Å². The van der Waals surface area contributed by atoms with Gasteiger partial charge in [-0.3, -0.25) is 4.79 Å². The zero-order chi connectivity index (χ0) is 17.0. The fourth-order valence-electron chi connectivity index (χ4n) is 2.80. The normalized spacial score (nSPS) is 18.2. The largest absolute Gasteiger partial charge is 0.478 e. The van der Waals surface area contributed by atoms with Crippen LogP contribution in [-0.2, 0) is 11.2 Å². The molecular formula is C16H18F3NO3. The van der Waals surface area contributed by atoms with E-state index in [1.807, 2.05) is 6.07 Å². The molecular weight excluding hydrogens is 311 g/mol. The van der Waals surface area contributed by atoms with E-state index in [9.17, 15) is 22.8 Å². The number of hydrogen-bond donors (Lipinski definition) is 1. The van der Waals surface area contributed by atoms with Crippen molar-refractivity contribution in [1.82, 2.24) is 4.90 Å². The molecule has 126 valence electrons. The molecule has 1 heterocycles. The first-order valence-corrected chi connectivity index (χ1v) is 7.41. The Bertz CT molecular complexity index is 586. The third-order valence-corrected chi connectivity index (χ3v) is 3.96. The van der Waals surface area contributed by atoms with E-state index in [-0.39, 0.29) is 11.5 Å². The number of halogens is 3. The van der Waals surface area contributed by atoms with Gasteiger partial charge in [-0.1, -0.05) is 12.1 Å². The number of likely N-dealkylation sites (tertiary alicyclic amines) is 1. The molecule has 0 saturated carbocycles. The van der Waals surface area contributed by atoms with Gasteiger partial charge in [-0.15, -0.1) is 0 Å². The van der Waals surface area contributed by atoms with E-state index in [1.165, 1.54) is 11.0 Å². The summed E-state index contributed by atoms with van der Waals surface area (Å²) < 4.78 is 36.5. The van der Waals surface area contributed by atoms with Crippen molar-refractivity contribution in [3.05, 3.63) is 35.4 Å². The Morgan fingerprint density at radius 1 is 1.30 bits per heavy atom. The van der Waals surface area contributed by atoms with Crippen molar-refractivity contribution in [3.63, 3.8) is 0 Å². The lowest BCUT2D eigenvalue weighted by atomic mass is 9.97. The topological polar surface area (TPSA) is 57.6 Å². The summed E-state index contributed by atoms with van der Waals surface area (Å²) in [7, 11) is 0. The van der Waals surface area contributed by atoms with Crippen LogP contribution in [0.1, 0.15) is 35.2 Å². The first-order valence-electron chi connectivity index (χ1n) is 7.41. The van der Waals surface area contributed by atoms with Gasteiger partial charge in [-0.2, -0.15) is 13.2 Å². The predicted octanol–water partition coefficient (Wildman–Crippen LogP) is 3.12. The molecule has 1 aromatic rings. The molecule has 1 fully saturated rings. The predicted molar refractivity (Wildman–Crippen MR) is 77.1 cm³/mol. The number of hydrogen-bond acceptors (Lipinski definition) is 2. The summed E-state index contributed by atoms with van der Waals surface area (Å²) in [4.78, 5) is 24.2. The highest BCUT2D eigenvalue weighted by Gasteiger charge is 2.31. The van der Waals surface area contributed by atoms with Crippen molar-refractivity contribution < 1.29 is 27.9 Å². The van der Waals surface area contributed by atoms with E-state index in [0.29, 0.717) is 19.5 Å². The molecule has 2 rings (SSSR count). The summed E-state index contributed by atoms with van der Waals surface area (Å²) in [6.45, 7) is 0.883. The molecule has 4 nitrogen and oxygen atoms in total. The minimum absolute atomic E-state index is 0.147. The van der Waals surface area contributed by atoms with Gasteiger partial charge in [0.1, 0.15) is 0 Å². The minimum Gasteiger partial charge on any atom is -0.478 e. The Hall–Kier alpha value is -2.05. The van der Waals surface area contributed by atoms with Crippen LogP contribution < -0.4 is 0 Å². The highest BCUT2D eigenvalue weighted by Crippen LogP contribution is 2.25. The third kappa shape index (κ3) is 5.26. The number of amides is 1. The second-order valence-corrected chi connectivity index (χ2v) is 5.82. The van der Waals surface area contributed by atoms with Gasteiger partial charge in [0.15, 0.2) is 0 Å². The summed E-state index contributed by atoms with van der Waals surface area (Å²) in [5.41, 5.74) is 1.07. The van der Waals surface area contributed by atoms with Crippen LogP contribution in [-0.4, -0.2) is 41.1 Å². The second-order valence-electron chi connectivity index (χ2n) is 5.82. The lowest BCUT2D eigenvalue weighted by Gasteiger charge is -2.17. The average molecular weight is 329 g/mol. The van der Waals surface area contributed by atoms with Gasteiger partial charge >= 0.3 is 12.1 Å². The van der Waals surface area contributed by atoms with Gasteiger partial charge in [-0.25, -0.2) is 4.79 Å². The molecule has 0 radical (unpaired) electrons. The quantitative estimate of drug-likeness (QED) is 0.903. The number of benzene rings is 1. The number of aromatic carboxylic acids is 1. The van der Waals surface area contributed by atoms with Crippen LogP contribution >= 0.6 is 0 Å². The van der Waals surface area contributed by atoms with Gasteiger partial charge in [-0.05, 0) is 36.5 Å². The molecule has 1 aliphatic heterocycles. The Morgan fingerprint density at radius 3 is 2.70 bits per heavy atom. The van der Waals surface area contributed by atoms with E-state index in [1.54, 1.807) is 12.1 Å². The first-order chi connectivity index (χ1) is 10.7. The summed E-state index contributed by atoms with van der Waals surface area (Å²) >= 11 is 0. The first kappa shape index (κ1) is 17.3. The minimum atomic E-state index is -4.31. The summed E-state index contributed by atoms with van der Waals surface area (Å²) in [6.07, 6.45) is -4.58. The van der Waals surface area contributed by atoms with E-state index >= 15 is 0 Å². The van der Waals surface area contributed by atoms with Crippen LogP contribution in [0.25, 0.3) is 0 Å². The number of carboxylic acid groups (broad SMARTS) is 1. The van der Waals surface area contributed by atoms with Crippen molar-refractivity contribution in [2.75, 3.05) is 13.1 Å². The van der Waals surface area contributed by atoms with Crippen LogP contribution in [0.3, 0.4) is 0 Å². The molecule has 1 aromatic carbocycles. The van der Waals surface area contributed by atoms with Crippen LogP contribution in [0.2, 0.25) is 0 Å². The molecule has 7 heteroatoms. The molecule has 1 unspecified atom stereocenters. The molecule has 0 aromatic heterocycles. The van der Waals surface area contributed by atoms with Crippen molar-refractivity contribution in [2.45, 2.75) is 31.9 Å². The maximum absolute atomic E-state index is 12.2. The Balaban J connectivity index is 1.87. The molecule has 0 bridgehead atoms. The van der Waals surface area contributed by atoms with Crippen molar-refractivity contribution >= 4 is 11.9 Å². The fourth-order valence-corrected chi connectivity index (χ4v) is 2.80. The number of rotatable bonds is 5. The smallest absolute Gasteiger partial charge is 0.389 e. The molecule has 1 saturated heterocycles. The molecule has 1 aliphatic rings. The van der Waals surface area contributed by atoms with Crippen LogP contribution in [0.4, 0.5) is 13.2 Å². The molecule has 0 aliphatic carbocycles. The molecule has 1 N–H and O–H groups in total. The van der Waals surface area contributed by atoms with Gasteiger partial charge in [0.2, 0.25) is 5.91 Å². The summed E-state index contributed by atoms with van der Waals surface area (Å²) in [5.74, 6) is -1.32. The second kappa shape index (κ2) is 7.02. The Morgan fingerprint density at radius 2 is 2.04 bits per heavy atom. The zero-order valence-corrected chi connectivity index (χ0v) is 12.5. The third-order valence-electron chi connectivity index (χ3n) is 3.96. The molecule has 23 heavy (non-hydrogen) atoms. The highest BCUT2D eigenvalue weighted by molar-refractivity contribution is 5.87. The van der Waals surface area contributed by atoms with E-state index < -0.39 is 30.9 Å². The zero-order valence-electron chi connectivity index (χ0n) is 12.5. The SMILES string of the molecule is O=C(O)c1cccc(CC2CCN(C(=O)CCC(F)(F)F)C2)c1. The van der Waals surface area contributed by atoms with Crippen molar-refractivity contribution in [3.8, 4) is 0 Å². The summed E-state index contributed by atoms with van der Waals surface area (Å²) in [6, 6.07) is 6.59. The number of nitrogens with zero attached hydrogens (tertiary/aromatic N) is 1. The molecule has 0 spiro atoms. The monoisotopic (exact) mass is 329 g/mol. The molecule has 1 amide bonds. The highest BCUT2D eigenvalue weighted by atomic mass is 19.4. The summed E-state index contributed by atoms with van der Waals surface area (Å²) in [5, 5.41) is 8.96. The van der Waals surface area contributed by atoms with Gasteiger partial charge in [0.05, 0.1) is 12.0 Å². The van der Waals surface area contributed by atoms with Crippen LogP contribution in [0.15, 0.2) is 24.3 Å². The number of carbonyl (C=O) groups excluding carboxylic acids is 1. The van der Waals surface area contributed by atoms with Crippen molar-refractivity contribution in [2.24, 2.45) is 5.92 Å². The lowest BCUT2D eigenvalue weighted by molar-refractivity contribution is -0.148. The van der Waals surface area contributed by atoms with Gasteiger partial charge in [0, 0.05) is 19.5 Å². The van der Waals surface area contributed by atoms with Gasteiger partial charge < -0.3 is 10.0 Å². The number of carboxylic acids is 1. The van der Waals surface area contributed by atoms with Crippen LogP contribution in [0.5, 0.6) is 0 Å². The fraction of sp³-hybridized carbons (Fsp3) is 0.500. The van der Waals surface area contributed by atoms with E-state index in [4.69, 9.17) is 5.11 Å². The number of carbonyl (C=O) groups is 2. The number of alkyl halides is 3. The van der Waals surface area contributed by atoms with E-state index in [0.717, 1.165) is 12.0 Å². The lowest BCUT2D eigenvalue weighted by Crippen LogP contribution is -2.29. The molecule has 1 atom stereocenters. The standard InChI is InChI=1S/C16H18F3NO3/c17-16(18,19)6-4-14(21)20-7-5-12(10-20)8-11-2-1-3-13(9-11)15(22)23/h1-3,9,12H,4-8,10H2,(H,22,23).